The fraction of sp³-hybridized carbons (Fsp3) is 0.0800. The molecule has 0 radical (unpaired) electrons. The first-order valence-corrected chi connectivity index (χ1v) is 11.2. The third kappa shape index (κ3) is 3.83. The number of aliphatic hydroxyl groups is 1. The maximum Gasteiger partial charge on any atom is 0.301 e. The van der Waals surface area contributed by atoms with Gasteiger partial charge in [0, 0.05) is 17.7 Å². The number of non-ortho nitro benzene ring substituents is 1. The number of Topliss-reactive ketones (excluding diaryl/α,β-unsaturated/α-hetero) is 1. The van der Waals surface area contributed by atoms with Crippen LogP contribution in [-0.4, -0.2) is 26.7 Å². The van der Waals surface area contributed by atoms with Crippen molar-refractivity contribution in [2.75, 3.05) is 4.90 Å². The molecule has 10 heteroatoms. The Morgan fingerprint density at radius 1 is 1.09 bits per heavy atom. The number of carbonyl (C=O) groups is 2. The Kier molecular flexibility index (Phi) is 5.37. The highest BCUT2D eigenvalue weighted by Crippen LogP contribution is 2.44. The van der Waals surface area contributed by atoms with Gasteiger partial charge >= 0.3 is 5.91 Å². The first-order chi connectivity index (χ1) is 16.7. The van der Waals surface area contributed by atoms with Crippen LogP contribution in [0, 0.1) is 22.9 Å². The summed E-state index contributed by atoms with van der Waals surface area (Å²) in [6, 6.07) is 15.0. The van der Waals surface area contributed by atoms with E-state index in [2.05, 4.69) is 4.98 Å². The monoisotopic (exact) mass is 489 g/mol. The first-order valence-electron chi connectivity index (χ1n) is 10.4. The fourth-order valence-corrected chi connectivity index (χ4v) is 5.00. The molecule has 2 heterocycles. The van der Waals surface area contributed by atoms with Gasteiger partial charge in [-0.3, -0.25) is 24.6 Å². The molecule has 1 aliphatic heterocycles. The summed E-state index contributed by atoms with van der Waals surface area (Å²) in [4.78, 5) is 42.6. The number of aliphatic hydroxyl groups excluding tert-OH is 1. The second kappa shape index (κ2) is 8.41. The van der Waals surface area contributed by atoms with Crippen LogP contribution in [-0.2, 0) is 9.59 Å². The van der Waals surface area contributed by atoms with Crippen molar-refractivity contribution in [2.24, 2.45) is 0 Å². The van der Waals surface area contributed by atoms with E-state index in [1.807, 2.05) is 6.92 Å². The fourth-order valence-electron chi connectivity index (χ4n) is 3.98. The molecule has 0 spiro atoms. The van der Waals surface area contributed by atoms with Crippen LogP contribution >= 0.6 is 11.3 Å². The lowest BCUT2D eigenvalue weighted by Gasteiger charge is -2.22. The van der Waals surface area contributed by atoms with Crippen molar-refractivity contribution in [3.05, 3.63) is 105 Å². The van der Waals surface area contributed by atoms with Gasteiger partial charge in [-0.1, -0.05) is 41.2 Å². The van der Waals surface area contributed by atoms with Crippen molar-refractivity contribution in [1.29, 1.82) is 0 Å². The molecule has 1 aromatic heterocycles. The van der Waals surface area contributed by atoms with Gasteiger partial charge in [-0.2, -0.15) is 0 Å². The number of halogens is 1. The number of hydrogen-bond donors (Lipinski definition) is 1. The summed E-state index contributed by atoms with van der Waals surface area (Å²) < 4.78 is 14.2. The molecule has 1 atom stereocenters. The zero-order chi connectivity index (χ0) is 24.9. The number of hydrogen-bond acceptors (Lipinski definition) is 7. The van der Waals surface area contributed by atoms with E-state index in [1.54, 1.807) is 24.3 Å². The number of anilines is 1. The van der Waals surface area contributed by atoms with Gasteiger partial charge in [0.2, 0.25) is 0 Å². The van der Waals surface area contributed by atoms with Crippen molar-refractivity contribution in [2.45, 2.75) is 13.0 Å². The zero-order valence-corrected chi connectivity index (χ0v) is 19.0. The zero-order valence-electron chi connectivity index (χ0n) is 18.1. The number of rotatable bonds is 4. The van der Waals surface area contributed by atoms with E-state index < -0.39 is 28.5 Å². The summed E-state index contributed by atoms with van der Waals surface area (Å²) in [5.41, 5.74) is 1.75. The smallest absolute Gasteiger partial charge is 0.301 e. The SMILES string of the molecule is Cc1ccc(/C(O)=C2\C(=O)C(=O)N(c3nc4ccc(F)cc4s3)[C@H]2c2ccc([N+](=O)[O-])cc2)cc1. The normalized spacial score (nSPS) is 17.3. The number of ketones is 1. The van der Waals surface area contributed by atoms with Crippen molar-refractivity contribution in [1.82, 2.24) is 4.98 Å². The average molecular weight is 489 g/mol. The molecule has 1 fully saturated rings. The van der Waals surface area contributed by atoms with Crippen molar-refractivity contribution < 1.29 is 24.0 Å². The average Bonchev–Trinajstić information content (AvgIpc) is 3.37. The molecule has 3 aromatic carbocycles. The number of nitrogens with zero attached hydrogens (tertiary/aromatic N) is 3. The van der Waals surface area contributed by atoms with Crippen LogP contribution in [0.3, 0.4) is 0 Å². The molecule has 174 valence electrons. The molecule has 0 unspecified atom stereocenters. The molecule has 0 bridgehead atoms. The summed E-state index contributed by atoms with van der Waals surface area (Å²) in [6.45, 7) is 1.87. The largest absolute Gasteiger partial charge is 0.507 e. The molecule has 35 heavy (non-hydrogen) atoms. The maximum atomic E-state index is 13.7. The summed E-state index contributed by atoms with van der Waals surface area (Å²) >= 11 is 1.02. The minimum atomic E-state index is -1.09. The summed E-state index contributed by atoms with van der Waals surface area (Å²) in [5, 5.41) is 22.4. The number of amides is 1. The van der Waals surface area contributed by atoms with Crippen LogP contribution < -0.4 is 4.90 Å². The Morgan fingerprint density at radius 2 is 1.77 bits per heavy atom. The second-order valence-electron chi connectivity index (χ2n) is 7.99. The molecule has 1 saturated heterocycles. The number of carbonyl (C=O) groups excluding carboxylic acids is 2. The van der Waals surface area contributed by atoms with Crippen LogP contribution in [0.4, 0.5) is 15.2 Å². The van der Waals surface area contributed by atoms with E-state index in [1.165, 1.54) is 42.5 Å². The number of aromatic nitrogens is 1. The Balaban J connectivity index is 1.72. The third-order valence-corrected chi connectivity index (χ3v) is 6.75. The molecule has 4 aromatic rings. The van der Waals surface area contributed by atoms with Gasteiger partial charge in [-0.15, -0.1) is 0 Å². The van der Waals surface area contributed by atoms with Crippen LogP contribution in [0.2, 0.25) is 0 Å². The second-order valence-corrected chi connectivity index (χ2v) is 9.00. The molecule has 0 saturated carbocycles. The number of benzene rings is 3. The van der Waals surface area contributed by atoms with Gasteiger partial charge in [0.25, 0.3) is 11.5 Å². The van der Waals surface area contributed by atoms with E-state index in [0.29, 0.717) is 21.3 Å². The number of nitro benzene ring substituents is 1. The van der Waals surface area contributed by atoms with Gasteiger partial charge in [0.1, 0.15) is 11.6 Å². The summed E-state index contributed by atoms with van der Waals surface area (Å²) in [5.74, 6) is -2.68. The molecule has 1 aliphatic rings. The topological polar surface area (TPSA) is 114 Å². The molecular formula is C25H16FN3O5S. The highest BCUT2D eigenvalue weighted by molar-refractivity contribution is 7.22. The van der Waals surface area contributed by atoms with Gasteiger partial charge in [0.15, 0.2) is 5.13 Å². The quantitative estimate of drug-likeness (QED) is 0.137. The summed E-state index contributed by atoms with van der Waals surface area (Å²) in [7, 11) is 0. The van der Waals surface area contributed by atoms with E-state index in [-0.39, 0.29) is 22.2 Å². The lowest BCUT2D eigenvalue weighted by Crippen LogP contribution is -2.29. The van der Waals surface area contributed by atoms with Crippen molar-refractivity contribution in [3.63, 3.8) is 0 Å². The predicted octanol–water partition coefficient (Wildman–Crippen LogP) is 5.28. The number of thiazole rings is 1. The maximum absolute atomic E-state index is 13.7. The van der Waals surface area contributed by atoms with Crippen molar-refractivity contribution >= 4 is 49.8 Å². The molecular weight excluding hydrogens is 473 g/mol. The molecule has 8 nitrogen and oxygen atoms in total. The highest BCUT2D eigenvalue weighted by Gasteiger charge is 2.48. The molecule has 1 amide bonds. The Labute approximate surface area is 201 Å². The van der Waals surface area contributed by atoms with Gasteiger partial charge in [0.05, 0.1) is 26.8 Å². The molecule has 5 rings (SSSR count). The summed E-state index contributed by atoms with van der Waals surface area (Å²) in [6.07, 6.45) is 0. The molecule has 1 N–H and O–H groups in total. The Hall–Kier alpha value is -4.44. The predicted molar refractivity (Wildman–Crippen MR) is 129 cm³/mol. The lowest BCUT2D eigenvalue weighted by atomic mass is 9.95. The van der Waals surface area contributed by atoms with E-state index >= 15 is 0 Å². The van der Waals surface area contributed by atoms with Crippen LogP contribution in [0.25, 0.3) is 16.0 Å². The highest BCUT2D eigenvalue weighted by atomic mass is 32.1. The third-order valence-electron chi connectivity index (χ3n) is 5.73. The van der Waals surface area contributed by atoms with Gasteiger partial charge in [-0.25, -0.2) is 9.37 Å². The minimum Gasteiger partial charge on any atom is -0.507 e. The first kappa shape index (κ1) is 22.4. The van der Waals surface area contributed by atoms with E-state index in [9.17, 15) is 29.2 Å². The van der Waals surface area contributed by atoms with Gasteiger partial charge in [-0.05, 0) is 42.8 Å². The number of nitro groups is 1. The Bertz CT molecular complexity index is 1540. The number of fused-ring (bicyclic) bond motifs is 1. The van der Waals surface area contributed by atoms with Crippen LogP contribution in [0.15, 0.2) is 72.3 Å². The van der Waals surface area contributed by atoms with E-state index in [0.717, 1.165) is 21.8 Å². The van der Waals surface area contributed by atoms with E-state index in [4.69, 9.17) is 0 Å². The lowest BCUT2D eigenvalue weighted by molar-refractivity contribution is -0.384. The van der Waals surface area contributed by atoms with Crippen LogP contribution in [0.1, 0.15) is 22.7 Å². The standard InChI is InChI=1S/C25H16FN3O5S/c1-13-2-4-15(5-3-13)22(30)20-21(14-6-9-17(10-7-14)29(33)34)28(24(32)23(20)31)25-27-18-11-8-16(26)12-19(18)35-25/h2-12,21,30H,1H3/b22-20+/t21-/m0/s1. The minimum absolute atomic E-state index is 0.138. The van der Waals surface area contributed by atoms with Crippen molar-refractivity contribution in [3.8, 4) is 0 Å². The Morgan fingerprint density at radius 3 is 2.43 bits per heavy atom. The van der Waals surface area contributed by atoms with Gasteiger partial charge < -0.3 is 5.11 Å². The van der Waals surface area contributed by atoms with Crippen LogP contribution in [0.5, 0.6) is 0 Å². The molecule has 0 aliphatic carbocycles. The number of aryl methyl sites for hydroxylation is 1.